The number of fused-ring (bicyclic) bond motifs is 2. The van der Waals surface area contributed by atoms with Crippen LogP contribution in [0.1, 0.15) is 31.8 Å². The molecule has 0 unspecified atom stereocenters. The van der Waals surface area contributed by atoms with Crippen LogP contribution >= 0.6 is 46.4 Å². The summed E-state index contributed by atoms with van der Waals surface area (Å²) in [6.07, 6.45) is 0. The average Bonchev–Trinajstić information content (AvgIpc) is 2.76. The molecule has 30 heavy (non-hydrogen) atoms. The van der Waals surface area contributed by atoms with E-state index in [-0.39, 0.29) is 43.7 Å². The van der Waals surface area contributed by atoms with Crippen molar-refractivity contribution >= 4 is 81.2 Å². The Hall–Kier alpha value is -2.64. The summed E-state index contributed by atoms with van der Waals surface area (Å²) in [7, 11) is 0. The molecule has 0 aliphatic heterocycles. The predicted molar refractivity (Wildman–Crippen MR) is 117 cm³/mol. The third kappa shape index (κ3) is 4.00. The van der Waals surface area contributed by atoms with Gasteiger partial charge in [-0.3, -0.25) is 19.2 Å². The Morgan fingerprint density at radius 3 is 1.40 bits per heavy atom. The summed E-state index contributed by atoms with van der Waals surface area (Å²) in [5, 5.41) is 4.25. The van der Waals surface area contributed by atoms with Crippen LogP contribution in [0.3, 0.4) is 0 Å². The van der Waals surface area contributed by atoms with E-state index in [1.807, 2.05) is 0 Å². The lowest BCUT2D eigenvalue weighted by molar-refractivity contribution is -0.113. The summed E-state index contributed by atoms with van der Waals surface area (Å²) in [4.78, 5) is 50.7. The second-order valence-electron chi connectivity index (χ2n) is 5.94. The number of anilines is 2. The molecule has 1 aliphatic carbocycles. The number of ketones is 2. The van der Waals surface area contributed by atoms with Crippen LogP contribution < -0.4 is 10.6 Å². The minimum atomic E-state index is -0.780. The molecule has 2 N–H and O–H groups in total. The van der Waals surface area contributed by atoms with Gasteiger partial charge in [-0.2, -0.15) is 0 Å². The molecular weight excluding hydrogens is 474 g/mol. The fraction of sp³-hybridized carbons (Fsp3) is 0. The Labute approximate surface area is 190 Å². The SMILES string of the molecule is O=C(Nc1ccc(NC(=O)C(Cl)=CCl)c2c1C(=O)c1ccccc1C2=O)C(Cl)=CCl. The van der Waals surface area contributed by atoms with Gasteiger partial charge in [0.2, 0.25) is 0 Å². The highest BCUT2D eigenvalue weighted by atomic mass is 35.5. The van der Waals surface area contributed by atoms with Gasteiger partial charge in [0.25, 0.3) is 11.8 Å². The van der Waals surface area contributed by atoms with Gasteiger partial charge in [0.1, 0.15) is 10.1 Å². The molecule has 2 amide bonds. The van der Waals surface area contributed by atoms with Crippen LogP contribution in [0.5, 0.6) is 0 Å². The van der Waals surface area contributed by atoms with E-state index in [1.165, 1.54) is 24.3 Å². The summed E-state index contributed by atoms with van der Waals surface area (Å²) in [6.45, 7) is 0. The highest BCUT2D eigenvalue weighted by Crippen LogP contribution is 2.37. The number of rotatable bonds is 4. The lowest BCUT2D eigenvalue weighted by atomic mass is 9.82. The van der Waals surface area contributed by atoms with Crippen molar-refractivity contribution in [3.8, 4) is 0 Å². The maximum Gasteiger partial charge on any atom is 0.268 e. The minimum Gasteiger partial charge on any atom is -0.320 e. The van der Waals surface area contributed by atoms with Crippen LogP contribution in [0.25, 0.3) is 0 Å². The quantitative estimate of drug-likeness (QED) is 0.512. The van der Waals surface area contributed by atoms with Gasteiger partial charge in [-0.05, 0) is 12.1 Å². The fourth-order valence-corrected chi connectivity index (χ4v) is 3.19. The van der Waals surface area contributed by atoms with E-state index in [0.29, 0.717) is 0 Å². The molecule has 0 aromatic heterocycles. The van der Waals surface area contributed by atoms with E-state index in [4.69, 9.17) is 46.4 Å². The number of hydrogen-bond acceptors (Lipinski definition) is 4. The Bertz CT molecular complexity index is 1080. The normalized spacial score (nSPS) is 13.5. The molecule has 0 spiro atoms. The summed E-state index contributed by atoms with van der Waals surface area (Å²) in [5.41, 5.74) is 1.89. The van der Waals surface area contributed by atoms with Crippen LogP contribution in [0.15, 0.2) is 57.5 Å². The average molecular weight is 484 g/mol. The van der Waals surface area contributed by atoms with E-state index in [9.17, 15) is 19.2 Å². The Morgan fingerprint density at radius 1 is 0.700 bits per heavy atom. The standard InChI is InChI=1S/C20H10Cl4N2O4/c21-7-11(23)19(29)25-13-5-6-14(26-20(30)12(24)8-22)16-15(13)17(27)9-3-1-2-4-10(9)18(16)28/h1-8H,(H,25,29)(H,26,30). The van der Waals surface area contributed by atoms with E-state index >= 15 is 0 Å². The third-order valence-electron chi connectivity index (χ3n) is 4.20. The van der Waals surface area contributed by atoms with E-state index in [2.05, 4.69) is 10.6 Å². The highest BCUT2D eigenvalue weighted by molar-refractivity contribution is 6.48. The maximum atomic E-state index is 13.2. The number of carbonyl (C=O) groups is 4. The van der Waals surface area contributed by atoms with Crippen molar-refractivity contribution in [1.82, 2.24) is 0 Å². The predicted octanol–water partition coefficient (Wildman–Crippen LogP) is 4.98. The highest BCUT2D eigenvalue weighted by Gasteiger charge is 2.34. The second-order valence-corrected chi connectivity index (χ2v) is 7.19. The van der Waals surface area contributed by atoms with Gasteiger partial charge in [0.05, 0.1) is 22.5 Å². The van der Waals surface area contributed by atoms with Gasteiger partial charge < -0.3 is 10.6 Å². The van der Waals surface area contributed by atoms with Crippen LogP contribution in [0.4, 0.5) is 11.4 Å². The molecule has 0 saturated carbocycles. The summed E-state index contributed by atoms with van der Waals surface area (Å²) < 4.78 is 0. The molecule has 10 heteroatoms. The Balaban J connectivity index is 2.20. The molecular formula is C20H10Cl4N2O4. The number of halogens is 4. The lowest BCUT2D eigenvalue weighted by Crippen LogP contribution is -2.26. The largest absolute Gasteiger partial charge is 0.320 e. The van der Waals surface area contributed by atoms with Gasteiger partial charge in [-0.15, -0.1) is 0 Å². The number of benzene rings is 2. The molecule has 1 aliphatic rings. The van der Waals surface area contributed by atoms with Crippen LogP contribution in [-0.2, 0) is 9.59 Å². The molecule has 6 nitrogen and oxygen atoms in total. The minimum absolute atomic E-state index is 0.0245. The van der Waals surface area contributed by atoms with Crippen LogP contribution in [-0.4, -0.2) is 23.4 Å². The van der Waals surface area contributed by atoms with Gasteiger partial charge >= 0.3 is 0 Å². The summed E-state index contributed by atoms with van der Waals surface area (Å²) in [6, 6.07) is 8.90. The van der Waals surface area contributed by atoms with Crippen molar-refractivity contribution in [3.63, 3.8) is 0 Å². The van der Waals surface area contributed by atoms with Gasteiger partial charge in [0.15, 0.2) is 11.6 Å². The molecule has 0 saturated heterocycles. The van der Waals surface area contributed by atoms with Crippen molar-refractivity contribution in [2.24, 2.45) is 0 Å². The van der Waals surface area contributed by atoms with Gasteiger partial charge in [-0.1, -0.05) is 70.7 Å². The Kier molecular flexibility index (Phi) is 6.63. The smallest absolute Gasteiger partial charge is 0.268 e. The van der Waals surface area contributed by atoms with Crippen molar-refractivity contribution < 1.29 is 19.2 Å². The maximum absolute atomic E-state index is 13.2. The number of carbonyl (C=O) groups excluding carboxylic acids is 4. The lowest BCUT2D eigenvalue weighted by Gasteiger charge is -2.23. The third-order valence-corrected chi connectivity index (χ3v) is 5.42. The molecule has 0 fully saturated rings. The number of hydrogen-bond donors (Lipinski definition) is 2. The zero-order valence-electron chi connectivity index (χ0n) is 14.8. The molecule has 0 heterocycles. The van der Waals surface area contributed by atoms with Gasteiger partial charge in [0, 0.05) is 22.2 Å². The summed E-state index contributed by atoms with van der Waals surface area (Å²) >= 11 is 22.3. The van der Waals surface area contributed by atoms with E-state index in [1.54, 1.807) is 12.1 Å². The Morgan fingerprint density at radius 2 is 1.07 bits per heavy atom. The van der Waals surface area contributed by atoms with E-state index < -0.39 is 23.4 Å². The molecule has 2 aromatic rings. The monoisotopic (exact) mass is 482 g/mol. The fourth-order valence-electron chi connectivity index (χ4n) is 2.89. The molecule has 0 atom stereocenters. The topological polar surface area (TPSA) is 92.3 Å². The first-order valence-corrected chi connectivity index (χ1v) is 9.83. The van der Waals surface area contributed by atoms with Crippen LogP contribution in [0, 0.1) is 0 Å². The van der Waals surface area contributed by atoms with Gasteiger partial charge in [-0.25, -0.2) is 0 Å². The number of amides is 2. The number of nitrogens with one attached hydrogen (secondary N) is 2. The molecule has 0 radical (unpaired) electrons. The van der Waals surface area contributed by atoms with Crippen molar-refractivity contribution in [1.29, 1.82) is 0 Å². The first kappa shape index (κ1) is 22.1. The van der Waals surface area contributed by atoms with Crippen LogP contribution in [0.2, 0.25) is 0 Å². The molecule has 0 bridgehead atoms. The first-order valence-electron chi connectivity index (χ1n) is 8.20. The van der Waals surface area contributed by atoms with Crippen molar-refractivity contribution in [2.45, 2.75) is 0 Å². The zero-order valence-corrected chi connectivity index (χ0v) is 17.8. The first-order chi connectivity index (χ1) is 14.3. The van der Waals surface area contributed by atoms with Crippen molar-refractivity contribution in [2.75, 3.05) is 10.6 Å². The second kappa shape index (κ2) is 9.02. The molecule has 2 aromatic carbocycles. The summed E-state index contributed by atoms with van der Waals surface area (Å²) in [5.74, 6) is -2.59. The zero-order chi connectivity index (χ0) is 22.0. The molecule has 3 rings (SSSR count). The molecule has 152 valence electrons. The van der Waals surface area contributed by atoms with E-state index in [0.717, 1.165) is 11.1 Å². The van der Waals surface area contributed by atoms with Crippen molar-refractivity contribution in [3.05, 3.63) is 79.8 Å².